The van der Waals surface area contributed by atoms with Crippen molar-refractivity contribution < 1.29 is 0 Å². The average Bonchev–Trinajstić information content (AvgIpc) is 2.73. The molecule has 0 aromatic heterocycles. The van der Waals surface area contributed by atoms with Crippen LogP contribution in [0.4, 0.5) is 0 Å². The van der Waals surface area contributed by atoms with Gasteiger partial charge in [-0.05, 0) is 37.5 Å². The Hall–Kier alpha value is 0. The molecule has 175 valence electrons. The maximum atomic E-state index is 2.39. The molecule has 1 radical (unpaired) electrons. The van der Waals surface area contributed by atoms with Gasteiger partial charge in [-0.3, -0.25) is 0 Å². The van der Waals surface area contributed by atoms with Crippen molar-refractivity contribution in [3.05, 3.63) is 5.92 Å². The van der Waals surface area contributed by atoms with Gasteiger partial charge in [0.05, 0.1) is 0 Å². The third kappa shape index (κ3) is 19.7. The van der Waals surface area contributed by atoms with E-state index in [4.69, 9.17) is 0 Å². The minimum absolute atomic E-state index is 0.944. The number of hydrogen-bond acceptors (Lipinski definition) is 0. The lowest BCUT2D eigenvalue weighted by atomic mass is 9.78. The van der Waals surface area contributed by atoms with E-state index < -0.39 is 0 Å². The van der Waals surface area contributed by atoms with Crippen LogP contribution in [0.1, 0.15) is 175 Å². The van der Waals surface area contributed by atoms with E-state index >= 15 is 0 Å². The van der Waals surface area contributed by atoms with Crippen molar-refractivity contribution >= 4 is 0 Å². The predicted octanol–water partition coefficient (Wildman–Crippen LogP) is 11.2. The molecular weight excluding hydrogens is 348 g/mol. The summed E-state index contributed by atoms with van der Waals surface area (Å²) in [6.07, 6.45) is 33.2. The van der Waals surface area contributed by atoms with E-state index in [0.29, 0.717) is 0 Å². The molecule has 0 fully saturated rings. The molecule has 0 N–H and O–H groups in total. The molecule has 29 heavy (non-hydrogen) atoms. The molecule has 0 heteroatoms. The zero-order valence-electron chi connectivity index (χ0n) is 21.3. The van der Waals surface area contributed by atoms with Crippen LogP contribution in [0.2, 0.25) is 0 Å². The molecule has 1 atom stereocenters. The highest BCUT2D eigenvalue weighted by atomic mass is 14.3. The first kappa shape index (κ1) is 29.0. The first-order chi connectivity index (χ1) is 14.3. The Morgan fingerprint density at radius 1 is 0.379 bits per heavy atom. The molecule has 0 nitrogen and oxygen atoms in total. The van der Waals surface area contributed by atoms with Gasteiger partial charge in [0.1, 0.15) is 0 Å². The summed E-state index contributed by atoms with van der Waals surface area (Å²) < 4.78 is 0. The summed E-state index contributed by atoms with van der Waals surface area (Å²) in [4.78, 5) is 0. The SMILES string of the molecule is CCCCCCCCCC[C](CCC)C(CCCC)CCCCCCCCCC. The van der Waals surface area contributed by atoms with Crippen molar-refractivity contribution in [1.82, 2.24) is 0 Å². The summed E-state index contributed by atoms with van der Waals surface area (Å²) in [5, 5.41) is 0. The average molecular weight is 408 g/mol. The van der Waals surface area contributed by atoms with Crippen molar-refractivity contribution in [2.75, 3.05) is 0 Å². The van der Waals surface area contributed by atoms with Gasteiger partial charge in [-0.1, -0.05) is 150 Å². The quantitative estimate of drug-likeness (QED) is 0.139. The second kappa shape index (κ2) is 24.3. The Morgan fingerprint density at radius 3 is 1.28 bits per heavy atom. The second-order valence-corrected chi connectivity index (χ2v) is 9.74. The van der Waals surface area contributed by atoms with Gasteiger partial charge in [0.25, 0.3) is 0 Å². The highest BCUT2D eigenvalue weighted by Crippen LogP contribution is 2.34. The van der Waals surface area contributed by atoms with Crippen molar-refractivity contribution in [3.8, 4) is 0 Å². The van der Waals surface area contributed by atoms with E-state index in [9.17, 15) is 0 Å². The Balaban J connectivity index is 4.08. The summed E-state index contributed by atoms with van der Waals surface area (Å²) in [5.74, 6) is 2.90. The largest absolute Gasteiger partial charge is 0.0654 e. The maximum absolute atomic E-state index is 2.39. The summed E-state index contributed by atoms with van der Waals surface area (Å²) >= 11 is 0. The fraction of sp³-hybridized carbons (Fsp3) is 0.966. The van der Waals surface area contributed by atoms with Gasteiger partial charge < -0.3 is 0 Å². The summed E-state index contributed by atoms with van der Waals surface area (Å²) in [6.45, 7) is 9.38. The molecule has 0 saturated heterocycles. The molecule has 0 aliphatic heterocycles. The van der Waals surface area contributed by atoms with Gasteiger partial charge >= 0.3 is 0 Å². The van der Waals surface area contributed by atoms with Crippen LogP contribution in [0, 0.1) is 11.8 Å². The molecule has 0 aliphatic carbocycles. The van der Waals surface area contributed by atoms with Crippen LogP contribution in [0.25, 0.3) is 0 Å². The van der Waals surface area contributed by atoms with Crippen LogP contribution < -0.4 is 0 Å². The van der Waals surface area contributed by atoms with E-state index in [1.807, 2.05) is 5.92 Å². The van der Waals surface area contributed by atoms with Gasteiger partial charge in [-0.25, -0.2) is 0 Å². The Labute approximate surface area is 187 Å². The molecule has 1 unspecified atom stereocenters. The summed E-state index contributed by atoms with van der Waals surface area (Å²) in [7, 11) is 0. The predicted molar refractivity (Wildman–Crippen MR) is 136 cm³/mol. The van der Waals surface area contributed by atoms with Crippen LogP contribution in [-0.4, -0.2) is 0 Å². The normalized spacial score (nSPS) is 12.7. The van der Waals surface area contributed by atoms with Crippen LogP contribution in [0.3, 0.4) is 0 Å². The fourth-order valence-electron chi connectivity index (χ4n) is 4.87. The third-order valence-corrected chi connectivity index (χ3v) is 6.81. The monoisotopic (exact) mass is 407 g/mol. The van der Waals surface area contributed by atoms with Gasteiger partial charge in [-0.2, -0.15) is 0 Å². The Kier molecular flexibility index (Phi) is 24.3. The highest BCUT2D eigenvalue weighted by Gasteiger charge is 2.20. The molecule has 0 rings (SSSR count). The van der Waals surface area contributed by atoms with Crippen LogP contribution >= 0.6 is 0 Å². The van der Waals surface area contributed by atoms with Gasteiger partial charge in [0.2, 0.25) is 0 Å². The summed E-state index contributed by atoms with van der Waals surface area (Å²) in [6, 6.07) is 0. The van der Waals surface area contributed by atoms with Crippen molar-refractivity contribution in [1.29, 1.82) is 0 Å². The Bertz CT molecular complexity index is 282. The van der Waals surface area contributed by atoms with E-state index in [2.05, 4.69) is 27.7 Å². The maximum Gasteiger partial charge on any atom is -0.0210 e. The second-order valence-electron chi connectivity index (χ2n) is 9.74. The van der Waals surface area contributed by atoms with Gasteiger partial charge in [0, 0.05) is 0 Å². The fourth-order valence-corrected chi connectivity index (χ4v) is 4.87. The molecule has 0 spiro atoms. The summed E-state index contributed by atoms with van der Waals surface area (Å²) in [5.41, 5.74) is 0. The minimum atomic E-state index is 0.944. The minimum Gasteiger partial charge on any atom is -0.0654 e. The molecule has 0 aromatic rings. The zero-order chi connectivity index (χ0) is 21.4. The number of rotatable bonds is 24. The third-order valence-electron chi connectivity index (χ3n) is 6.81. The molecule has 0 bridgehead atoms. The van der Waals surface area contributed by atoms with Crippen LogP contribution in [0.15, 0.2) is 0 Å². The van der Waals surface area contributed by atoms with Crippen LogP contribution in [-0.2, 0) is 0 Å². The number of hydrogen-bond donors (Lipinski definition) is 0. The first-order valence-electron chi connectivity index (χ1n) is 14.1. The lowest BCUT2D eigenvalue weighted by molar-refractivity contribution is 0.381. The molecule has 0 aromatic carbocycles. The van der Waals surface area contributed by atoms with Crippen molar-refractivity contribution in [2.45, 2.75) is 175 Å². The molecular formula is C29H59. The lowest BCUT2D eigenvalue weighted by Crippen LogP contribution is -2.13. The molecule has 0 heterocycles. The highest BCUT2D eigenvalue weighted by molar-refractivity contribution is 4.96. The zero-order valence-corrected chi connectivity index (χ0v) is 21.3. The standard InChI is InChI=1S/C29H59/c1-5-9-12-14-16-18-20-22-26-28(24-8-4)29(25-11-7-3)27-23-21-19-17-15-13-10-6-2/h29H,5-27H2,1-4H3. The molecule has 0 amide bonds. The van der Waals surface area contributed by atoms with E-state index in [1.165, 1.54) is 148 Å². The van der Waals surface area contributed by atoms with E-state index in [-0.39, 0.29) is 0 Å². The lowest BCUT2D eigenvalue weighted by Gasteiger charge is -2.27. The smallest absolute Gasteiger partial charge is 0.0210 e. The first-order valence-corrected chi connectivity index (χ1v) is 14.1. The molecule has 0 saturated carbocycles. The van der Waals surface area contributed by atoms with Crippen LogP contribution in [0.5, 0.6) is 0 Å². The van der Waals surface area contributed by atoms with Crippen molar-refractivity contribution in [3.63, 3.8) is 0 Å². The molecule has 0 aliphatic rings. The number of unbranched alkanes of at least 4 members (excludes halogenated alkanes) is 15. The van der Waals surface area contributed by atoms with E-state index in [1.54, 1.807) is 0 Å². The van der Waals surface area contributed by atoms with Gasteiger partial charge in [-0.15, -0.1) is 0 Å². The van der Waals surface area contributed by atoms with Crippen molar-refractivity contribution in [2.24, 2.45) is 5.92 Å². The topological polar surface area (TPSA) is 0 Å². The van der Waals surface area contributed by atoms with E-state index in [0.717, 1.165) is 5.92 Å². The Morgan fingerprint density at radius 2 is 0.793 bits per heavy atom. The van der Waals surface area contributed by atoms with Gasteiger partial charge in [0.15, 0.2) is 0 Å².